The van der Waals surface area contributed by atoms with Gasteiger partial charge in [0.1, 0.15) is 11.5 Å². The smallest absolute Gasteiger partial charge is 0.135 e. The Hall–Kier alpha value is -6.64. The summed E-state index contributed by atoms with van der Waals surface area (Å²) >= 11 is 0. The van der Waals surface area contributed by atoms with Gasteiger partial charge in [0.05, 0.1) is 11.0 Å². The second-order valence-electron chi connectivity index (χ2n) is 13.3. The van der Waals surface area contributed by atoms with Crippen molar-refractivity contribution in [3.8, 4) is 50.6 Å². The van der Waals surface area contributed by atoms with Crippen LogP contribution in [0.1, 0.15) is 0 Å². The fourth-order valence-electron chi connectivity index (χ4n) is 8.20. The summed E-state index contributed by atoms with van der Waals surface area (Å²) in [4.78, 5) is 0. The lowest BCUT2D eigenvalue weighted by Gasteiger charge is -2.22. The summed E-state index contributed by atoms with van der Waals surface area (Å²) in [5.41, 5.74) is 10.8. The lowest BCUT2D eigenvalue weighted by atomic mass is 9.92. The number of benzene rings is 9. The molecule has 0 fully saturated rings. The third kappa shape index (κ3) is 3.96. The molecule has 1 aromatic heterocycles. The number of hydrogen-bond acceptors (Lipinski definition) is 1. The van der Waals surface area contributed by atoms with Crippen molar-refractivity contribution in [2.24, 2.45) is 0 Å². The van der Waals surface area contributed by atoms with Gasteiger partial charge in [-0.1, -0.05) is 146 Å². The zero-order valence-electron chi connectivity index (χ0n) is 27.1. The Morgan fingerprint density at radius 1 is 0.340 bits per heavy atom. The highest BCUT2D eigenvalue weighted by Crippen LogP contribution is 2.47. The molecule has 0 spiro atoms. The van der Waals surface area contributed by atoms with Crippen molar-refractivity contribution in [3.05, 3.63) is 176 Å². The summed E-state index contributed by atoms with van der Waals surface area (Å²) in [6.07, 6.45) is 0. The molecule has 0 amide bonds. The topological polar surface area (TPSA) is 14.2 Å². The van der Waals surface area contributed by atoms with E-state index in [4.69, 9.17) is 4.74 Å². The Balaban J connectivity index is 0.994. The van der Waals surface area contributed by atoms with Crippen molar-refractivity contribution in [1.82, 2.24) is 4.57 Å². The zero-order chi connectivity index (χ0) is 32.8. The number of aromatic nitrogens is 1. The SMILES string of the molecule is c1cc2c3c(cccc3c1)-c1cc(-c3ccc(-c4ccc(-n5c6c7ccccc7ccc6c6ccc7ccccc7c65)cc4)cc3)ccc1O2. The van der Waals surface area contributed by atoms with E-state index >= 15 is 0 Å². The van der Waals surface area contributed by atoms with Crippen LogP contribution in [0.5, 0.6) is 11.5 Å². The van der Waals surface area contributed by atoms with Crippen molar-refractivity contribution in [2.75, 3.05) is 0 Å². The average molecular weight is 636 g/mol. The van der Waals surface area contributed by atoms with Crippen LogP contribution in [0.2, 0.25) is 0 Å². The molecule has 0 saturated heterocycles. The van der Waals surface area contributed by atoms with Gasteiger partial charge in [0.15, 0.2) is 0 Å². The van der Waals surface area contributed by atoms with Crippen molar-refractivity contribution in [3.63, 3.8) is 0 Å². The van der Waals surface area contributed by atoms with E-state index in [1.54, 1.807) is 0 Å². The lowest BCUT2D eigenvalue weighted by molar-refractivity contribution is 0.487. The number of hydrogen-bond donors (Lipinski definition) is 0. The van der Waals surface area contributed by atoms with Gasteiger partial charge in [0.25, 0.3) is 0 Å². The molecule has 0 saturated carbocycles. The van der Waals surface area contributed by atoms with Crippen molar-refractivity contribution in [2.45, 2.75) is 0 Å². The van der Waals surface area contributed by atoms with Gasteiger partial charge in [-0.2, -0.15) is 0 Å². The van der Waals surface area contributed by atoms with Gasteiger partial charge in [-0.05, 0) is 74.3 Å². The van der Waals surface area contributed by atoms with E-state index in [2.05, 4.69) is 180 Å². The van der Waals surface area contributed by atoms with Crippen LogP contribution >= 0.6 is 0 Å². The maximum absolute atomic E-state index is 6.34. The van der Waals surface area contributed by atoms with Crippen molar-refractivity contribution < 1.29 is 4.74 Å². The third-order valence-electron chi connectivity index (χ3n) is 10.6. The lowest BCUT2D eigenvalue weighted by Crippen LogP contribution is -1.97. The third-order valence-corrected chi connectivity index (χ3v) is 10.6. The molecule has 10 aromatic rings. The van der Waals surface area contributed by atoms with Gasteiger partial charge in [0.2, 0.25) is 0 Å². The Labute approximate surface area is 289 Å². The first kappa shape index (κ1) is 27.3. The standard InChI is InChI=1S/C48H29NO/c1-3-11-38-33(7-1)21-26-41-42-27-22-34-8-2-4-12-39(34)48(42)49(47(38)41)37-24-19-31(20-25-37)30-15-17-32(18-16-30)36-23-28-44-43(29-36)40-13-5-9-35-10-6-14-45(50-44)46(35)40/h1-29H. The van der Waals surface area contributed by atoms with E-state index in [0.717, 1.165) is 22.7 Å². The largest absolute Gasteiger partial charge is 0.456 e. The molecule has 0 radical (unpaired) electrons. The number of fused-ring (bicyclic) bond motifs is 9. The minimum Gasteiger partial charge on any atom is -0.456 e. The fourth-order valence-corrected chi connectivity index (χ4v) is 8.20. The molecule has 0 bridgehead atoms. The van der Waals surface area contributed by atoms with E-state index in [9.17, 15) is 0 Å². The van der Waals surface area contributed by atoms with Gasteiger partial charge in [-0.3, -0.25) is 0 Å². The molecule has 0 N–H and O–H groups in total. The molecule has 11 rings (SSSR count). The van der Waals surface area contributed by atoms with Gasteiger partial charge in [-0.15, -0.1) is 0 Å². The Morgan fingerprint density at radius 2 is 0.880 bits per heavy atom. The van der Waals surface area contributed by atoms with Gasteiger partial charge < -0.3 is 9.30 Å². The van der Waals surface area contributed by atoms with E-state index in [1.165, 1.54) is 81.9 Å². The first-order valence-corrected chi connectivity index (χ1v) is 17.2. The summed E-state index contributed by atoms with van der Waals surface area (Å²) in [6.45, 7) is 0. The maximum atomic E-state index is 6.34. The summed E-state index contributed by atoms with van der Waals surface area (Å²) in [5, 5.41) is 9.96. The van der Waals surface area contributed by atoms with Crippen LogP contribution in [0.3, 0.4) is 0 Å². The second kappa shape index (κ2) is 10.4. The van der Waals surface area contributed by atoms with Crippen LogP contribution in [0.4, 0.5) is 0 Å². The molecule has 0 atom stereocenters. The highest BCUT2D eigenvalue weighted by atomic mass is 16.5. The molecule has 1 aliphatic rings. The maximum Gasteiger partial charge on any atom is 0.135 e. The predicted molar refractivity (Wildman–Crippen MR) is 210 cm³/mol. The second-order valence-corrected chi connectivity index (χ2v) is 13.3. The quantitative estimate of drug-likeness (QED) is 0.188. The predicted octanol–water partition coefficient (Wildman–Crippen LogP) is 13.3. The highest BCUT2D eigenvalue weighted by Gasteiger charge is 2.21. The van der Waals surface area contributed by atoms with E-state index in [-0.39, 0.29) is 0 Å². The number of rotatable bonds is 3. The van der Waals surface area contributed by atoms with Crippen molar-refractivity contribution >= 4 is 54.1 Å². The molecule has 0 unspecified atom stereocenters. The minimum absolute atomic E-state index is 0.904. The molecule has 9 aromatic carbocycles. The van der Waals surface area contributed by atoms with Crippen LogP contribution in [-0.2, 0) is 0 Å². The Kier molecular flexibility index (Phi) is 5.70. The fraction of sp³-hybridized carbons (Fsp3) is 0. The normalized spacial score (nSPS) is 12.2. The summed E-state index contributed by atoms with van der Waals surface area (Å²) in [7, 11) is 0. The number of ether oxygens (including phenoxy) is 1. The average Bonchev–Trinajstić information content (AvgIpc) is 3.54. The molecule has 2 heterocycles. The van der Waals surface area contributed by atoms with E-state index in [1.807, 2.05) is 0 Å². The molecule has 2 nitrogen and oxygen atoms in total. The highest BCUT2D eigenvalue weighted by molar-refractivity contribution is 6.23. The Bertz CT molecular complexity index is 2890. The molecular weight excluding hydrogens is 607 g/mol. The summed E-state index contributed by atoms with van der Waals surface area (Å²) in [5.74, 6) is 1.83. The summed E-state index contributed by atoms with van der Waals surface area (Å²) < 4.78 is 8.81. The molecule has 2 heteroatoms. The van der Waals surface area contributed by atoms with E-state index in [0.29, 0.717) is 0 Å². The molecule has 50 heavy (non-hydrogen) atoms. The zero-order valence-corrected chi connectivity index (χ0v) is 27.1. The minimum atomic E-state index is 0.904. The Morgan fingerprint density at radius 3 is 1.54 bits per heavy atom. The van der Waals surface area contributed by atoms with Crippen LogP contribution in [-0.4, -0.2) is 4.57 Å². The molecule has 0 aliphatic carbocycles. The van der Waals surface area contributed by atoms with Gasteiger partial charge in [0, 0.05) is 38.2 Å². The molecular formula is C48H29NO. The van der Waals surface area contributed by atoms with Crippen LogP contribution in [0.15, 0.2) is 176 Å². The van der Waals surface area contributed by atoms with Crippen molar-refractivity contribution in [1.29, 1.82) is 0 Å². The van der Waals surface area contributed by atoms with Crippen LogP contribution < -0.4 is 4.74 Å². The summed E-state index contributed by atoms with van der Waals surface area (Å²) in [6, 6.07) is 63.8. The van der Waals surface area contributed by atoms with E-state index < -0.39 is 0 Å². The van der Waals surface area contributed by atoms with Gasteiger partial charge >= 0.3 is 0 Å². The molecule has 1 aliphatic heterocycles. The monoisotopic (exact) mass is 635 g/mol. The first-order chi connectivity index (χ1) is 24.8. The van der Waals surface area contributed by atoms with Crippen LogP contribution in [0.25, 0.3) is 93.2 Å². The molecule has 232 valence electrons. The first-order valence-electron chi connectivity index (χ1n) is 17.2. The van der Waals surface area contributed by atoms with Crippen LogP contribution in [0, 0.1) is 0 Å². The van der Waals surface area contributed by atoms with Gasteiger partial charge in [-0.25, -0.2) is 0 Å². The number of nitrogens with zero attached hydrogens (tertiary/aromatic N) is 1.